The van der Waals surface area contributed by atoms with E-state index in [9.17, 15) is 0 Å². The lowest BCUT2D eigenvalue weighted by Gasteiger charge is -2.14. The van der Waals surface area contributed by atoms with Crippen LogP contribution < -0.4 is 0 Å². The highest BCUT2D eigenvalue weighted by Gasteiger charge is 2.20. The van der Waals surface area contributed by atoms with Gasteiger partial charge in [-0.25, -0.2) is 9.97 Å². The third kappa shape index (κ3) is 5.03. The normalized spacial score (nSPS) is 11.9. The molecular formula is C52H31N3O2. The van der Waals surface area contributed by atoms with E-state index < -0.39 is 0 Å². The number of furan rings is 2. The fourth-order valence-electron chi connectivity index (χ4n) is 8.56. The van der Waals surface area contributed by atoms with Crippen molar-refractivity contribution in [3.05, 3.63) is 188 Å². The van der Waals surface area contributed by atoms with Crippen LogP contribution in [0.1, 0.15) is 0 Å². The predicted molar refractivity (Wildman–Crippen MR) is 233 cm³/mol. The van der Waals surface area contributed by atoms with E-state index in [4.69, 9.17) is 18.8 Å². The van der Waals surface area contributed by atoms with Gasteiger partial charge in [0.05, 0.1) is 16.7 Å². The summed E-state index contributed by atoms with van der Waals surface area (Å²) in [4.78, 5) is 10.5. The van der Waals surface area contributed by atoms with Gasteiger partial charge in [-0.2, -0.15) is 0 Å². The average molecular weight is 730 g/mol. The number of para-hydroxylation sites is 4. The molecule has 57 heavy (non-hydrogen) atoms. The third-order valence-corrected chi connectivity index (χ3v) is 11.2. The fraction of sp³-hybridized carbons (Fsp3) is 0. The summed E-state index contributed by atoms with van der Waals surface area (Å²) in [7, 11) is 0. The Labute approximate surface area is 326 Å². The Morgan fingerprint density at radius 3 is 1.68 bits per heavy atom. The summed E-state index contributed by atoms with van der Waals surface area (Å²) in [6, 6.07) is 65.6. The van der Waals surface area contributed by atoms with Gasteiger partial charge in [-0.15, -0.1) is 0 Å². The van der Waals surface area contributed by atoms with Gasteiger partial charge >= 0.3 is 0 Å². The molecule has 0 bridgehead atoms. The molecule has 4 heterocycles. The monoisotopic (exact) mass is 729 g/mol. The minimum atomic E-state index is 0.652. The van der Waals surface area contributed by atoms with Crippen LogP contribution in [-0.2, 0) is 0 Å². The molecule has 0 atom stereocenters. The van der Waals surface area contributed by atoms with Crippen LogP contribution in [0.5, 0.6) is 0 Å². The van der Waals surface area contributed by atoms with E-state index >= 15 is 0 Å². The number of benzene rings is 8. The summed E-state index contributed by atoms with van der Waals surface area (Å²) in [5.41, 5.74) is 12.8. The van der Waals surface area contributed by atoms with Gasteiger partial charge < -0.3 is 8.83 Å². The summed E-state index contributed by atoms with van der Waals surface area (Å²) in [5.74, 6) is 1.44. The Kier molecular flexibility index (Phi) is 6.86. The minimum absolute atomic E-state index is 0.652. The van der Waals surface area contributed by atoms with E-state index in [0.717, 1.165) is 111 Å². The van der Waals surface area contributed by atoms with Crippen LogP contribution >= 0.6 is 0 Å². The average Bonchev–Trinajstić information content (AvgIpc) is 3.95. The van der Waals surface area contributed by atoms with Crippen LogP contribution in [0.25, 0.3) is 116 Å². The number of hydrogen-bond donors (Lipinski definition) is 0. The Balaban J connectivity index is 1.07. The van der Waals surface area contributed by atoms with Crippen molar-refractivity contribution in [3.8, 4) is 50.7 Å². The molecule has 8 aromatic carbocycles. The highest BCUT2D eigenvalue weighted by Crippen LogP contribution is 2.41. The first-order chi connectivity index (χ1) is 28.2. The van der Waals surface area contributed by atoms with Crippen LogP contribution in [-0.4, -0.2) is 14.5 Å². The Morgan fingerprint density at radius 1 is 0.351 bits per heavy atom. The largest absolute Gasteiger partial charge is 0.456 e. The summed E-state index contributed by atoms with van der Waals surface area (Å²) in [6.07, 6.45) is 0. The van der Waals surface area contributed by atoms with Gasteiger partial charge in [-0.05, 0) is 65.2 Å². The Bertz CT molecular complexity index is 3540. The highest BCUT2D eigenvalue weighted by atomic mass is 16.3. The van der Waals surface area contributed by atoms with E-state index in [0.29, 0.717) is 5.82 Å². The molecule has 0 fully saturated rings. The molecule has 0 unspecified atom stereocenters. The van der Waals surface area contributed by atoms with Gasteiger partial charge in [-0.3, -0.25) is 4.57 Å². The first-order valence-corrected chi connectivity index (χ1v) is 19.1. The minimum Gasteiger partial charge on any atom is -0.456 e. The quantitative estimate of drug-likeness (QED) is 0.177. The fourth-order valence-corrected chi connectivity index (χ4v) is 8.56. The van der Waals surface area contributed by atoms with Crippen LogP contribution in [0.3, 0.4) is 0 Å². The second-order valence-electron chi connectivity index (χ2n) is 14.6. The molecule has 0 saturated heterocycles. The third-order valence-electron chi connectivity index (χ3n) is 11.2. The lowest BCUT2D eigenvalue weighted by Crippen LogP contribution is -2.03. The lowest BCUT2D eigenvalue weighted by molar-refractivity contribution is 0.668. The standard InChI is InChI=1S/C52H31N3O2/c1-2-12-32(13-3-1)52-53-44(36-25-27-42-40-18-6-9-23-47(40)57-49(42)30-36)31-50(54-52)55-45-21-7-4-16-38(45)43-20-11-19-37(51(43)55)35-15-10-14-33(28-35)34-24-26-41-39-17-5-8-22-46(39)56-48(41)29-34/h1-31H. The van der Waals surface area contributed by atoms with E-state index in [2.05, 4.69) is 144 Å². The summed E-state index contributed by atoms with van der Waals surface area (Å²) in [6.45, 7) is 0. The van der Waals surface area contributed by atoms with Crippen LogP contribution in [0.15, 0.2) is 197 Å². The van der Waals surface area contributed by atoms with Crippen LogP contribution in [0.2, 0.25) is 0 Å². The SMILES string of the molecule is c1ccc(-c2nc(-c3ccc4c(c3)oc3ccccc34)cc(-n3c4ccccc4c4cccc(-c5cccc(-c6ccc7c(c6)oc6ccccc67)c5)c43)n2)cc1. The molecular weight excluding hydrogens is 699 g/mol. The molecule has 0 aliphatic heterocycles. The van der Waals surface area contributed by atoms with Crippen LogP contribution in [0, 0.1) is 0 Å². The summed E-state index contributed by atoms with van der Waals surface area (Å²) in [5, 5.41) is 6.75. The van der Waals surface area contributed by atoms with Gasteiger partial charge in [0.1, 0.15) is 28.1 Å². The zero-order valence-electron chi connectivity index (χ0n) is 30.6. The molecule has 0 amide bonds. The smallest absolute Gasteiger partial charge is 0.162 e. The Morgan fingerprint density at radius 2 is 0.912 bits per heavy atom. The first kappa shape index (κ1) is 31.6. The first-order valence-electron chi connectivity index (χ1n) is 19.1. The molecule has 0 radical (unpaired) electrons. The zero-order valence-corrected chi connectivity index (χ0v) is 30.6. The Hall–Kier alpha value is -7.76. The maximum atomic E-state index is 6.33. The van der Waals surface area contributed by atoms with Crippen molar-refractivity contribution < 1.29 is 8.83 Å². The van der Waals surface area contributed by atoms with Crippen molar-refractivity contribution in [1.29, 1.82) is 0 Å². The molecule has 5 nitrogen and oxygen atoms in total. The number of aromatic nitrogens is 3. The van der Waals surface area contributed by atoms with E-state index in [-0.39, 0.29) is 0 Å². The zero-order chi connectivity index (χ0) is 37.5. The number of nitrogens with zero attached hydrogens (tertiary/aromatic N) is 3. The van der Waals surface area contributed by atoms with Crippen molar-refractivity contribution in [2.45, 2.75) is 0 Å². The summed E-state index contributed by atoms with van der Waals surface area (Å²) >= 11 is 0. The van der Waals surface area contributed by atoms with Gasteiger partial charge in [0.25, 0.3) is 0 Å². The van der Waals surface area contributed by atoms with Crippen molar-refractivity contribution in [1.82, 2.24) is 14.5 Å². The van der Waals surface area contributed by atoms with Gasteiger partial charge in [0, 0.05) is 55.1 Å². The molecule has 0 aliphatic rings. The molecule has 0 spiro atoms. The summed E-state index contributed by atoms with van der Waals surface area (Å²) < 4.78 is 14.9. The van der Waals surface area contributed by atoms with Crippen molar-refractivity contribution in [3.63, 3.8) is 0 Å². The molecule has 0 saturated carbocycles. The van der Waals surface area contributed by atoms with Crippen molar-refractivity contribution >= 4 is 65.7 Å². The highest BCUT2D eigenvalue weighted by molar-refractivity contribution is 6.14. The maximum Gasteiger partial charge on any atom is 0.162 e. The molecule has 266 valence electrons. The molecule has 12 rings (SSSR count). The van der Waals surface area contributed by atoms with E-state index in [1.807, 2.05) is 48.5 Å². The van der Waals surface area contributed by atoms with Crippen molar-refractivity contribution in [2.24, 2.45) is 0 Å². The number of hydrogen-bond acceptors (Lipinski definition) is 4. The lowest BCUT2D eigenvalue weighted by atomic mass is 9.97. The predicted octanol–water partition coefficient (Wildman–Crippen LogP) is 14.0. The topological polar surface area (TPSA) is 57.0 Å². The molecule has 5 heteroatoms. The molecule has 4 aromatic heterocycles. The second kappa shape index (κ2) is 12.4. The van der Waals surface area contributed by atoms with Gasteiger partial charge in [0.15, 0.2) is 5.82 Å². The van der Waals surface area contributed by atoms with Gasteiger partial charge in [0.2, 0.25) is 0 Å². The number of rotatable bonds is 5. The van der Waals surface area contributed by atoms with E-state index in [1.54, 1.807) is 0 Å². The van der Waals surface area contributed by atoms with Gasteiger partial charge in [-0.1, -0.05) is 133 Å². The van der Waals surface area contributed by atoms with Crippen LogP contribution in [0.4, 0.5) is 0 Å². The molecule has 0 N–H and O–H groups in total. The van der Waals surface area contributed by atoms with E-state index in [1.165, 1.54) is 0 Å². The molecule has 0 aliphatic carbocycles. The second-order valence-corrected chi connectivity index (χ2v) is 14.6. The maximum absolute atomic E-state index is 6.33. The number of fused-ring (bicyclic) bond motifs is 9. The molecule has 12 aromatic rings. The van der Waals surface area contributed by atoms with Crippen molar-refractivity contribution in [2.75, 3.05) is 0 Å².